The molecule has 0 radical (unpaired) electrons. The number of ether oxygens (including phenoxy) is 1. The first kappa shape index (κ1) is 20.2. The highest BCUT2D eigenvalue weighted by atomic mass is 32.2. The molecule has 2 rings (SSSR count). The van der Waals surface area contributed by atoms with Gasteiger partial charge in [0.2, 0.25) is 11.8 Å². The molecule has 1 aromatic rings. The van der Waals surface area contributed by atoms with Gasteiger partial charge in [0.05, 0.1) is 23.5 Å². The second-order valence-corrected chi connectivity index (χ2v) is 7.38. The lowest BCUT2D eigenvalue weighted by atomic mass is 9.90. The predicted molar refractivity (Wildman–Crippen MR) is 98.3 cm³/mol. The van der Waals surface area contributed by atoms with Crippen molar-refractivity contribution in [2.75, 3.05) is 36.5 Å². The second kappa shape index (κ2) is 9.02. The molecule has 1 N–H and O–H groups in total. The van der Waals surface area contributed by atoms with E-state index in [1.807, 2.05) is 6.92 Å². The summed E-state index contributed by atoms with van der Waals surface area (Å²) in [6.45, 7) is 4.74. The van der Waals surface area contributed by atoms with Gasteiger partial charge in [-0.3, -0.25) is 14.4 Å². The number of carbonyl (C=O) groups excluding carboxylic acids is 3. The first-order chi connectivity index (χ1) is 12.3. The van der Waals surface area contributed by atoms with Gasteiger partial charge in [-0.15, -0.1) is 11.8 Å². The van der Waals surface area contributed by atoms with Crippen molar-refractivity contribution in [3.8, 4) is 0 Å². The number of halogens is 1. The van der Waals surface area contributed by atoms with E-state index in [9.17, 15) is 18.8 Å². The Labute approximate surface area is 156 Å². The average molecular weight is 382 g/mol. The van der Waals surface area contributed by atoms with Crippen molar-refractivity contribution < 1.29 is 23.5 Å². The van der Waals surface area contributed by atoms with Gasteiger partial charge in [0.1, 0.15) is 5.82 Å². The maximum absolute atomic E-state index is 12.8. The quantitative estimate of drug-likeness (QED) is 0.733. The average Bonchev–Trinajstić information content (AvgIpc) is 3.01. The highest BCUT2D eigenvalue weighted by Gasteiger charge is 2.43. The number of hydrogen-bond acceptors (Lipinski definition) is 5. The molecule has 1 aliphatic heterocycles. The lowest BCUT2D eigenvalue weighted by molar-refractivity contribution is -0.153. The van der Waals surface area contributed by atoms with E-state index in [-0.39, 0.29) is 35.1 Å². The van der Waals surface area contributed by atoms with Crippen molar-refractivity contribution in [1.82, 2.24) is 4.90 Å². The summed E-state index contributed by atoms with van der Waals surface area (Å²) in [5, 5.41) is 2.64. The van der Waals surface area contributed by atoms with Crippen LogP contribution in [0.2, 0.25) is 0 Å². The minimum atomic E-state index is -0.656. The van der Waals surface area contributed by atoms with E-state index < -0.39 is 5.41 Å². The monoisotopic (exact) mass is 382 g/mol. The highest BCUT2D eigenvalue weighted by Crippen LogP contribution is 2.31. The zero-order valence-corrected chi connectivity index (χ0v) is 15.7. The van der Waals surface area contributed by atoms with Crippen molar-refractivity contribution in [3.05, 3.63) is 30.1 Å². The molecule has 2 amide bonds. The van der Waals surface area contributed by atoms with E-state index in [1.165, 1.54) is 36.0 Å². The number of nitrogens with one attached hydrogen (secondary N) is 1. The fourth-order valence-electron chi connectivity index (χ4n) is 2.70. The summed E-state index contributed by atoms with van der Waals surface area (Å²) in [6, 6.07) is 5.48. The minimum Gasteiger partial charge on any atom is -0.466 e. The SMILES string of the molecule is CCOC(=O)[C@]1(C)CCN(C(=O)CSCC(=O)Nc2ccc(F)cc2)C1. The third-order valence-electron chi connectivity index (χ3n) is 4.18. The lowest BCUT2D eigenvalue weighted by Gasteiger charge is -2.22. The molecule has 26 heavy (non-hydrogen) atoms. The van der Waals surface area contributed by atoms with Crippen LogP contribution in [-0.2, 0) is 19.1 Å². The van der Waals surface area contributed by atoms with Crippen LogP contribution in [0.3, 0.4) is 0 Å². The molecule has 0 bridgehead atoms. The summed E-state index contributed by atoms with van der Waals surface area (Å²) in [5.41, 5.74) is -0.149. The second-order valence-electron chi connectivity index (χ2n) is 6.39. The van der Waals surface area contributed by atoms with Gasteiger partial charge in [0.15, 0.2) is 0 Å². The van der Waals surface area contributed by atoms with Crippen LogP contribution in [-0.4, -0.2) is 53.9 Å². The summed E-state index contributed by atoms with van der Waals surface area (Å²) in [4.78, 5) is 37.8. The number of thioether (sulfide) groups is 1. The largest absolute Gasteiger partial charge is 0.466 e. The van der Waals surface area contributed by atoms with Crippen molar-refractivity contribution in [2.24, 2.45) is 5.41 Å². The molecular weight excluding hydrogens is 359 g/mol. The first-order valence-corrected chi connectivity index (χ1v) is 9.57. The molecule has 0 unspecified atom stereocenters. The van der Waals surface area contributed by atoms with E-state index in [0.29, 0.717) is 31.8 Å². The van der Waals surface area contributed by atoms with Crippen LogP contribution in [0.5, 0.6) is 0 Å². The summed E-state index contributed by atoms with van der Waals surface area (Å²) in [6.07, 6.45) is 0.577. The van der Waals surface area contributed by atoms with Gasteiger partial charge in [-0.25, -0.2) is 4.39 Å². The van der Waals surface area contributed by atoms with Crippen molar-refractivity contribution >= 4 is 35.2 Å². The van der Waals surface area contributed by atoms with Crippen LogP contribution in [0.4, 0.5) is 10.1 Å². The molecule has 0 saturated carbocycles. The lowest BCUT2D eigenvalue weighted by Crippen LogP contribution is -2.36. The number of hydrogen-bond donors (Lipinski definition) is 1. The highest BCUT2D eigenvalue weighted by molar-refractivity contribution is 8.00. The molecule has 0 aromatic heterocycles. The fraction of sp³-hybridized carbons (Fsp3) is 0.500. The molecule has 1 atom stereocenters. The molecule has 6 nitrogen and oxygen atoms in total. The molecule has 1 fully saturated rings. The number of rotatable bonds is 7. The van der Waals surface area contributed by atoms with E-state index >= 15 is 0 Å². The number of likely N-dealkylation sites (tertiary alicyclic amines) is 1. The molecule has 1 aromatic carbocycles. The topological polar surface area (TPSA) is 75.7 Å². The first-order valence-electron chi connectivity index (χ1n) is 8.42. The molecule has 8 heteroatoms. The van der Waals surface area contributed by atoms with E-state index in [4.69, 9.17) is 4.74 Å². The fourth-order valence-corrected chi connectivity index (χ4v) is 3.42. The Bertz CT molecular complexity index is 668. The number of carbonyl (C=O) groups is 3. The molecule has 1 saturated heterocycles. The molecule has 142 valence electrons. The Balaban J connectivity index is 1.72. The van der Waals surface area contributed by atoms with Gasteiger partial charge in [-0.1, -0.05) is 0 Å². The Morgan fingerprint density at radius 3 is 2.62 bits per heavy atom. The number of esters is 1. The molecular formula is C18H23FN2O4S. The zero-order chi connectivity index (χ0) is 19.2. The molecule has 1 heterocycles. The third kappa shape index (κ3) is 5.45. The van der Waals surface area contributed by atoms with Gasteiger partial charge >= 0.3 is 5.97 Å². The Morgan fingerprint density at radius 1 is 1.27 bits per heavy atom. The van der Waals surface area contributed by atoms with Crippen LogP contribution in [0.25, 0.3) is 0 Å². The van der Waals surface area contributed by atoms with Crippen molar-refractivity contribution in [1.29, 1.82) is 0 Å². The van der Waals surface area contributed by atoms with Gasteiger partial charge in [-0.05, 0) is 44.5 Å². The maximum Gasteiger partial charge on any atom is 0.313 e. The van der Waals surface area contributed by atoms with Crippen LogP contribution in [0.1, 0.15) is 20.3 Å². The Morgan fingerprint density at radius 2 is 1.96 bits per heavy atom. The normalized spacial score (nSPS) is 19.3. The standard InChI is InChI=1S/C18H23FN2O4S/c1-3-25-17(24)18(2)8-9-21(12-18)16(23)11-26-10-15(22)20-14-6-4-13(19)5-7-14/h4-7H,3,8-12H2,1-2H3,(H,20,22)/t18-/m1/s1. The number of amides is 2. The summed E-state index contributed by atoms with van der Waals surface area (Å²) in [7, 11) is 0. The molecule has 0 aliphatic carbocycles. The molecule has 0 spiro atoms. The van der Waals surface area contributed by atoms with Gasteiger partial charge in [0, 0.05) is 18.8 Å². The van der Waals surface area contributed by atoms with Gasteiger partial charge in [-0.2, -0.15) is 0 Å². The number of nitrogens with zero attached hydrogens (tertiary/aromatic N) is 1. The van der Waals surface area contributed by atoms with Crippen LogP contribution >= 0.6 is 11.8 Å². The van der Waals surface area contributed by atoms with E-state index in [2.05, 4.69) is 5.32 Å². The smallest absolute Gasteiger partial charge is 0.313 e. The predicted octanol–water partition coefficient (Wildman–Crippen LogP) is 2.30. The van der Waals surface area contributed by atoms with E-state index in [1.54, 1.807) is 11.8 Å². The molecule has 1 aliphatic rings. The van der Waals surface area contributed by atoms with Crippen molar-refractivity contribution in [2.45, 2.75) is 20.3 Å². The third-order valence-corrected chi connectivity index (χ3v) is 5.10. The number of anilines is 1. The minimum absolute atomic E-state index is 0.0994. The van der Waals surface area contributed by atoms with Crippen LogP contribution < -0.4 is 5.32 Å². The van der Waals surface area contributed by atoms with E-state index in [0.717, 1.165) is 0 Å². The van der Waals surface area contributed by atoms with Gasteiger partial charge < -0.3 is 15.0 Å². The number of benzene rings is 1. The van der Waals surface area contributed by atoms with Crippen LogP contribution in [0, 0.1) is 11.2 Å². The van der Waals surface area contributed by atoms with Gasteiger partial charge in [0.25, 0.3) is 0 Å². The van der Waals surface area contributed by atoms with Crippen molar-refractivity contribution in [3.63, 3.8) is 0 Å². The van der Waals surface area contributed by atoms with Crippen LogP contribution in [0.15, 0.2) is 24.3 Å². The Hall–Kier alpha value is -2.09. The summed E-state index contributed by atoms with van der Waals surface area (Å²) >= 11 is 1.20. The zero-order valence-electron chi connectivity index (χ0n) is 14.9. The summed E-state index contributed by atoms with van der Waals surface area (Å²) < 4.78 is 17.9. The summed E-state index contributed by atoms with van der Waals surface area (Å²) in [5.74, 6) is -0.725. The Kier molecular flexibility index (Phi) is 7.02. The maximum atomic E-state index is 12.8.